The highest BCUT2D eigenvalue weighted by Crippen LogP contribution is 2.34. The summed E-state index contributed by atoms with van der Waals surface area (Å²) in [7, 11) is 0. The van der Waals surface area contributed by atoms with Gasteiger partial charge >= 0.3 is 5.97 Å². The number of nitriles is 1. The zero-order valence-corrected chi connectivity index (χ0v) is 22.0. The Hall–Kier alpha value is -4.41. The van der Waals surface area contributed by atoms with Crippen LogP contribution in [0.15, 0.2) is 90.0 Å². The van der Waals surface area contributed by atoms with E-state index in [1.807, 2.05) is 67.6 Å². The van der Waals surface area contributed by atoms with Gasteiger partial charge in [-0.1, -0.05) is 60.2 Å². The van der Waals surface area contributed by atoms with Gasteiger partial charge in [0.25, 0.3) is 0 Å². The van der Waals surface area contributed by atoms with Crippen molar-refractivity contribution >= 4 is 29.3 Å². The SMILES string of the molecule is CCOC(=O)c1ccc(NC(=O)CCSc2nc(-c3ccccc3)cc(-c3ccc(C)cc3)c2C#N)cc1. The number of nitrogens with one attached hydrogen (secondary N) is 1. The molecular weight excluding hydrogens is 494 g/mol. The second kappa shape index (κ2) is 12.7. The molecule has 0 spiro atoms. The van der Waals surface area contributed by atoms with Gasteiger partial charge in [0.2, 0.25) is 5.91 Å². The number of thioether (sulfide) groups is 1. The number of hydrogen-bond donors (Lipinski definition) is 1. The van der Waals surface area contributed by atoms with Gasteiger partial charge < -0.3 is 10.1 Å². The normalized spacial score (nSPS) is 10.4. The number of aromatic nitrogens is 1. The number of pyridine rings is 1. The number of benzene rings is 3. The smallest absolute Gasteiger partial charge is 0.338 e. The van der Waals surface area contributed by atoms with Gasteiger partial charge in [-0.2, -0.15) is 5.26 Å². The number of nitrogens with zero attached hydrogens (tertiary/aromatic N) is 2. The molecule has 4 rings (SSSR count). The van der Waals surface area contributed by atoms with Crippen molar-refractivity contribution in [2.75, 3.05) is 17.7 Å². The Morgan fingerprint density at radius 1 is 0.974 bits per heavy atom. The largest absolute Gasteiger partial charge is 0.462 e. The number of ether oxygens (including phenoxy) is 1. The Balaban J connectivity index is 1.51. The zero-order chi connectivity index (χ0) is 26.9. The molecule has 4 aromatic rings. The summed E-state index contributed by atoms with van der Waals surface area (Å²) in [5, 5.41) is 13.5. The molecule has 0 atom stereocenters. The first-order valence-electron chi connectivity index (χ1n) is 12.3. The van der Waals surface area contributed by atoms with Gasteiger partial charge in [0.05, 0.1) is 23.4 Å². The van der Waals surface area contributed by atoms with Gasteiger partial charge in [0.15, 0.2) is 0 Å². The minimum atomic E-state index is -0.398. The van der Waals surface area contributed by atoms with Crippen molar-refractivity contribution in [2.45, 2.75) is 25.3 Å². The third-order valence-corrected chi connectivity index (χ3v) is 6.75. The number of esters is 1. The van der Waals surface area contributed by atoms with Crippen LogP contribution in [-0.4, -0.2) is 29.2 Å². The molecule has 7 heteroatoms. The molecule has 0 radical (unpaired) electrons. The lowest BCUT2D eigenvalue weighted by atomic mass is 9.98. The first-order valence-corrected chi connectivity index (χ1v) is 13.2. The number of carbonyl (C=O) groups is 2. The molecular formula is C31H27N3O3S. The van der Waals surface area contributed by atoms with Crippen LogP contribution in [0.1, 0.15) is 34.8 Å². The van der Waals surface area contributed by atoms with Crippen LogP contribution in [0.2, 0.25) is 0 Å². The molecule has 1 heterocycles. The second-order valence-corrected chi connectivity index (χ2v) is 9.61. The van der Waals surface area contributed by atoms with E-state index in [1.54, 1.807) is 31.2 Å². The Bertz CT molecular complexity index is 1460. The maximum absolute atomic E-state index is 12.6. The Kier molecular flexibility index (Phi) is 8.91. The molecule has 0 aliphatic heterocycles. The molecule has 0 unspecified atom stereocenters. The molecule has 190 valence electrons. The lowest BCUT2D eigenvalue weighted by Gasteiger charge is -2.13. The van der Waals surface area contributed by atoms with Crippen molar-refractivity contribution in [3.63, 3.8) is 0 Å². The van der Waals surface area contributed by atoms with Gasteiger partial charge in [-0.15, -0.1) is 11.8 Å². The molecule has 6 nitrogen and oxygen atoms in total. The highest BCUT2D eigenvalue weighted by atomic mass is 32.2. The number of aryl methyl sites for hydroxylation is 1. The molecule has 3 aromatic carbocycles. The number of carbonyl (C=O) groups excluding carboxylic acids is 2. The van der Waals surface area contributed by atoms with E-state index in [0.29, 0.717) is 34.2 Å². The van der Waals surface area contributed by atoms with E-state index >= 15 is 0 Å². The van der Waals surface area contributed by atoms with Crippen molar-refractivity contribution in [2.24, 2.45) is 0 Å². The van der Waals surface area contributed by atoms with Crippen LogP contribution in [0, 0.1) is 18.3 Å². The quantitative estimate of drug-likeness (QED) is 0.190. The topological polar surface area (TPSA) is 92.1 Å². The Morgan fingerprint density at radius 3 is 2.34 bits per heavy atom. The number of rotatable bonds is 9. The summed E-state index contributed by atoms with van der Waals surface area (Å²) in [6, 6.07) is 28.8. The van der Waals surface area contributed by atoms with E-state index in [1.165, 1.54) is 11.8 Å². The molecule has 1 N–H and O–H groups in total. The van der Waals surface area contributed by atoms with E-state index in [4.69, 9.17) is 9.72 Å². The fraction of sp³-hybridized carbons (Fsp3) is 0.161. The summed E-state index contributed by atoms with van der Waals surface area (Å²) in [5.41, 5.74) is 6.14. The first-order chi connectivity index (χ1) is 18.5. The lowest BCUT2D eigenvalue weighted by Crippen LogP contribution is -2.12. The first kappa shape index (κ1) is 26.6. The van der Waals surface area contributed by atoms with E-state index in [9.17, 15) is 14.9 Å². The predicted molar refractivity (Wildman–Crippen MR) is 151 cm³/mol. The summed E-state index contributed by atoms with van der Waals surface area (Å²) in [6.07, 6.45) is 0.228. The van der Waals surface area contributed by atoms with E-state index < -0.39 is 5.97 Å². The zero-order valence-electron chi connectivity index (χ0n) is 21.2. The van der Waals surface area contributed by atoms with E-state index in [2.05, 4.69) is 11.4 Å². The highest BCUT2D eigenvalue weighted by molar-refractivity contribution is 7.99. The molecule has 0 fully saturated rings. The Labute approximate surface area is 226 Å². The van der Waals surface area contributed by atoms with E-state index in [0.717, 1.165) is 27.9 Å². The van der Waals surface area contributed by atoms with Crippen molar-refractivity contribution in [3.8, 4) is 28.5 Å². The molecule has 0 aliphatic rings. The maximum Gasteiger partial charge on any atom is 0.338 e. The number of anilines is 1. The maximum atomic E-state index is 12.6. The van der Waals surface area contributed by atoms with Crippen LogP contribution in [-0.2, 0) is 9.53 Å². The standard InChI is InChI=1S/C31H27N3O3S/c1-3-37-31(36)24-13-15-25(16-14-24)33-29(35)17-18-38-30-27(20-32)26(22-11-9-21(2)10-12-22)19-28(34-30)23-7-5-4-6-8-23/h4-16,19H,3,17-18H2,1-2H3,(H,33,35). The third-order valence-electron chi connectivity index (χ3n) is 5.78. The van der Waals surface area contributed by atoms with Crippen LogP contribution in [0.3, 0.4) is 0 Å². The van der Waals surface area contributed by atoms with E-state index in [-0.39, 0.29) is 12.3 Å². The monoisotopic (exact) mass is 521 g/mol. The minimum absolute atomic E-state index is 0.169. The average molecular weight is 522 g/mol. The van der Waals surface area contributed by atoms with Gasteiger partial charge in [-0.05, 0) is 49.7 Å². The lowest BCUT2D eigenvalue weighted by molar-refractivity contribution is -0.115. The van der Waals surface area contributed by atoms with Gasteiger partial charge in [-0.3, -0.25) is 4.79 Å². The summed E-state index contributed by atoms with van der Waals surface area (Å²) in [6.45, 7) is 4.08. The molecule has 1 aromatic heterocycles. The van der Waals surface area contributed by atoms with Gasteiger partial charge in [-0.25, -0.2) is 9.78 Å². The molecule has 0 aliphatic carbocycles. The fourth-order valence-electron chi connectivity index (χ4n) is 3.82. The predicted octanol–water partition coefficient (Wildman–Crippen LogP) is 6.89. The summed E-state index contributed by atoms with van der Waals surface area (Å²) in [5.74, 6) is -0.122. The molecule has 0 saturated carbocycles. The van der Waals surface area contributed by atoms with Crippen LogP contribution < -0.4 is 5.32 Å². The minimum Gasteiger partial charge on any atom is -0.462 e. The summed E-state index contributed by atoms with van der Waals surface area (Å²) < 4.78 is 4.98. The van der Waals surface area contributed by atoms with Crippen molar-refractivity contribution in [1.82, 2.24) is 4.98 Å². The second-order valence-electron chi connectivity index (χ2n) is 8.52. The average Bonchev–Trinajstić information content (AvgIpc) is 2.94. The number of amides is 1. The van der Waals surface area contributed by atoms with Crippen LogP contribution in [0.25, 0.3) is 22.4 Å². The molecule has 0 saturated heterocycles. The molecule has 0 bridgehead atoms. The fourth-order valence-corrected chi connectivity index (χ4v) is 4.76. The summed E-state index contributed by atoms with van der Waals surface area (Å²) >= 11 is 1.39. The van der Waals surface area contributed by atoms with Crippen molar-refractivity contribution in [1.29, 1.82) is 5.26 Å². The van der Waals surface area contributed by atoms with Crippen LogP contribution >= 0.6 is 11.8 Å². The van der Waals surface area contributed by atoms with Gasteiger partial charge in [0.1, 0.15) is 11.1 Å². The third kappa shape index (κ3) is 6.67. The van der Waals surface area contributed by atoms with Crippen LogP contribution in [0.5, 0.6) is 0 Å². The van der Waals surface area contributed by atoms with Gasteiger partial charge in [0, 0.05) is 29.0 Å². The number of hydrogen-bond acceptors (Lipinski definition) is 6. The van der Waals surface area contributed by atoms with Crippen LogP contribution in [0.4, 0.5) is 5.69 Å². The highest BCUT2D eigenvalue weighted by Gasteiger charge is 2.16. The molecule has 1 amide bonds. The Morgan fingerprint density at radius 2 is 1.68 bits per heavy atom. The van der Waals surface area contributed by atoms with Crippen molar-refractivity contribution < 1.29 is 14.3 Å². The summed E-state index contributed by atoms with van der Waals surface area (Å²) in [4.78, 5) is 29.2. The molecule has 38 heavy (non-hydrogen) atoms. The van der Waals surface area contributed by atoms with Crippen molar-refractivity contribution in [3.05, 3.63) is 102 Å².